The monoisotopic (exact) mass is 299 g/mol. The van der Waals surface area contributed by atoms with Gasteiger partial charge in [0, 0.05) is 18.0 Å². The SMILES string of the molecule is CC(C)(Oc1ccc(Cl)cc1)C(=O)NCCCC(=O)O. The molecule has 0 heterocycles. The Morgan fingerprint density at radius 2 is 1.90 bits per heavy atom. The van der Waals surface area contributed by atoms with Gasteiger partial charge in [0.15, 0.2) is 5.60 Å². The molecule has 0 radical (unpaired) electrons. The maximum absolute atomic E-state index is 12.0. The van der Waals surface area contributed by atoms with Crippen molar-refractivity contribution in [1.82, 2.24) is 5.32 Å². The minimum Gasteiger partial charge on any atom is -0.481 e. The van der Waals surface area contributed by atoms with E-state index >= 15 is 0 Å². The molecule has 0 atom stereocenters. The average Bonchev–Trinajstić information content (AvgIpc) is 2.36. The van der Waals surface area contributed by atoms with Gasteiger partial charge < -0.3 is 15.2 Å². The Morgan fingerprint density at radius 3 is 2.45 bits per heavy atom. The summed E-state index contributed by atoms with van der Waals surface area (Å²) in [5.74, 6) is -0.631. The fraction of sp³-hybridized carbons (Fsp3) is 0.429. The fourth-order valence-corrected chi connectivity index (χ4v) is 1.62. The number of carbonyl (C=O) groups excluding carboxylic acids is 1. The summed E-state index contributed by atoms with van der Waals surface area (Å²) in [5, 5.41) is 11.8. The molecule has 110 valence electrons. The fourth-order valence-electron chi connectivity index (χ4n) is 1.50. The number of amides is 1. The molecule has 1 amide bonds. The molecule has 1 aromatic rings. The van der Waals surface area contributed by atoms with Gasteiger partial charge in [-0.05, 0) is 44.5 Å². The number of carbonyl (C=O) groups is 2. The molecule has 0 bridgehead atoms. The number of hydrogen-bond acceptors (Lipinski definition) is 3. The summed E-state index contributed by atoms with van der Waals surface area (Å²) in [6.45, 7) is 3.60. The van der Waals surface area contributed by atoms with Gasteiger partial charge in [-0.1, -0.05) is 11.6 Å². The van der Waals surface area contributed by atoms with Crippen LogP contribution in [0.25, 0.3) is 0 Å². The zero-order valence-corrected chi connectivity index (χ0v) is 12.2. The van der Waals surface area contributed by atoms with E-state index in [1.807, 2.05) is 0 Å². The van der Waals surface area contributed by atoms with Gasteiger partial charge in [0.25, 0.3) is 5.91 Å². The standard InChI is InChI=1S/C14H18ClNO4/c1-14(2,13(19)16-9-3-4-12(17)18)20-11-7-5-10(15)6-8-11/h5-8H,3-4,9H2,1-2H3,(H,16,19)(H,17,18). The summed E-state index contributed by atoms with van der Waals surface area (Å²) in [5.41, 5.74) is -1.04. The Bertz CT molecular complexity index is 471. The molecule has 0 spiro atoms. The summed E-state index contributed by atoms with van der Waals surface area (Å²) < 4.78 is 5.61. The Morgan fingerprint density at radius 1 is 1.30 bits per heavy atom. The van der Waals surface area contributed by atoms with E-state index in [1.165, 1.54) is 0 Å². The van der Waals surface area contributed by atoms with Crippen LogP contribution >= 0.6 is 11.6 Å². The van der Waals surface area contributed by atoms with E-state index in [1.54, 1.807) is 38.1 Å². The number of hydrogen-bond donors (Lipinski definition) is 2. The molecule has 0 aliphatic heterocycles. The van der Waals surface area contributed by atoms with E-state index in [-0.39, 0.29) is 12.3 Å². The van der Waals surface area contributed by atoms with Crippen LogP contribution in [0.1, 0.15) is 26.7 Å². The molecule has 0 saturated heterocycles. The lowest BCUT2D eigenvalue weighted by Gasteiger charge is -2.25. The third-order valence-corrected chi connectivity index (χ3v) is 2.84. The zero-order chi connectivity index (χ0) is 15.2. The molecule has 2 N–H and O–H groups in total. The molecule has 6 heteroatoms. The average molecular weight is 300 g/mol. The van der Waals surface area contributed by atoms with Crippen LogP contribution in [-0.2, 0) is 9.59 Å². The highest BCUT2D eigenvalue weighted by Crippen LogP contribution is 2.20. The highest BCUT2D eigenvalue weighted by molar-refractivity contribution is 6.30. The number of carboxylic acid groups (broad SMARTS) is 1. The Kier molecular flexibility index (Phi) is 5.82. The second-order valence-corrected chi connectivity index (χ2v) is 5.26. The Labute approximate surface area is 122 Å². The zero-order valence-electron chi connectivity index (χ0n) is 11.5. The van der Waals surface area contributed by atoms with Gasteiger partial charge in [0.2, 0.25) is 0 Å². The van der Waals surface area contributed by atoms with Crippen LogP contribution in [0.4, 0.5) is 0 Å². The molecule has 1 aromatic carbocycles. The molecule has 1 rings (SSSR count). The molecule has 0 saturated carbocycles. The van der Waals surface area contributed by atoms with Gasteiger partial charge in [0.05, 0.1) is 0 Å². The Balaban J connectivity index is 2.48. The van der Waals surface area contributed by atoms with Gasteiger partial charge in [-0.3, -0.25) is 9.59 Å². The number of aliphatic carboxylic acids is 1. The lowest BCUT2D eigenvalue weighted by molar-refractivity contribution is -0.138. The van der Waals surface area contributed by atoms with Crippen molar-refractivity contribution in [3.63, 3.8) is 0 Å². The molecule has 0 aliphatic carbocycles. The molecule has 0 fully saturated rings. The van der Waals surface area contributed by atoms with E-state index in [0.29, 0.717) is 23.7 Å². The highest BCUT2D eigenvalue weighted by Gasteiger charge is 2.29. The molecule has 0 aliphatic rings. The van der Waals surface area contributed by atoms with Gasteiger partial charge in [-0.15, -0.1) is 0 Å². The van der Waals surface area contributed by atoms with E-state index in [0.717, 1.165) is 0 Å². The van der Waals surface area contributed by atoms with Crippen molar-refractivity contribution < 1.29 is 19.4 Å². The predicted molar refractivity (Wildman–Crippen MR) is 76.0 cm³/mol. The maximum atomic E-state index is 12.0. The van der Waals surface area contributed by atoms with Gasteiger partial charge in [-0.2, -0.15) is 0 Å². The van der Waals surface area contributed by atoms with Crippen molar-refractivity contribution in [2.45, 2.75) is 32.3 Å². The topological polar surface area (TPSA) is 75.6 Å². The van der Waals surface area contributed by atoms with Crippen molar-refractivity contribution in [2.24, 2.45) is 0 Å². The first-order valence-corrected chi connectivity index (χ1v) is 6.64. The van der Waals surface area contributed by atoms with Gasteiger partial charge >= 0.3 is 5.97 Å². The normalized spacial score (nSPS) is 10.9. The van der Waals surface area contributed by atoms with Crippen LogP contribution in [-0.4, -0.2) is 29.1 Å². The number of nitrogens with one attached hydrogen (secondary N) is 1. The molecule has 20 heavy (non-hydrogen) atoms. The third-order valence-electron chi connectivity index (χ3n) is 2.59. The number of ether oxygens (including phenoxy) is 1. The quantitative estimate of drug-likeness (QED) is 0.758. The van der Waals surface area contributed by atoms with Crippen LogP contribution in [0.5, 0.6) is 5.75 Å². The van der Waals surface area contributed by atoms with Crippen LogP contribution < -0.4 is 10.1 Å². The largest absolute Gasteiger partial charge is 0.481 e. The number of halogens is 1. The first-order valence-electron chi connectivity index (χ1n) is 6.26. The summed E-state index contributed by atoms with van der Waals surface area (Å²) in [4.78, 5) is 22.3. The Hall–Kier alpha value is -1.75. The van der Waals surface area contributed by atoms with Gasteiger partial charge in [0.1, 0.15) is 5.75 Å². The summed E-state index contributed by atoms with van der Waals surface area (Å²) in [6.07, 6.45) is 0.414. The number of rotatable bonds is 7. The molecule has 5 nitrogen and oxygen atoms in total. The second-order valence-electron chi connectivity index (χ2n) is 4.82. The minimum absolute atomic E-state index is 0.0265. The van der Waals surface area contributed by atoms with E-state index < -0.39 is 11.6 Å². The number of benzene rings is 1. The van der Waals surface area contributed by atoms with E-state index in [4.69, 9.17) is 21.4 Å². The van der Waals surface area contributed by atoms with Gasteiger partial charge in [-0.25, -0.2) is 0 Å². The second kappa shape index (κ2) is 7.14. The van der Waals surface area contributed by atoms with E-state index in [2.05, 4.69) is 5.32 Å². The lowest BCUT2D eigenvalue weighted by atomic mass is 10.1. The first-order chi connectivity index (χ1) is 9.31. The first kappa shape index (κ1) is 16.3. The summed E-state index contributed by atoms with van der Waals surface area (Å²) in [6, 6.07) is 6.72. The van der Waals surface area contributed by atoms with Crippen LogP contribution in [0.3, 0.4) is 0 Å². The minimum atomic E-state index is -1.04. The smallest absolute Gasteiger partial charge is 0.303 e. The molecular formula is C14H18ClNO4. The van der Waals surface area contributed by atoms with Crippen LogP contribution in [0, 0.1) is 0 Å². The van der Waals surface area contributed by atoms with Crippen molar-refractivity contribution in [3.8, 4) is 5.75 Å². The van der Waals surface area contributed by atoms with Crippen LogP contribution in [0.2, 0.25) is 5.02 Å². The number of carboxylic acids is 1. The summed E-state index contributed by atoms with van der Waals surface area (Å²) in [7, 11) is 0. The summed E-state index contributed by atoms with van der Waals surface area (Å²) >= 11 is 5.77. The molecule has 0 unspecified atom stereocenters. The lowest BCUT2D eigenvalue weighted by Crippen LogP contribution is -2.46. The third kappa shape index (κ3) is 5.48. The van der Waals surface area contributed by atoms with Crippen molar-refractivity contribution in [1.29, 1.82) is 0 Å². The van der Waals surface area contributed by atoms with Crippen molar-refractivity contribution in [3.05, 3.63) is 29.3 Å². The van der Waals surface area contributed by atoms with E-state index in [9.17, 15) is 9.59 Å². The molecule has 0 aromatic heterocycles. The van der Waals surface area contributed by atoms with Crippen LogP contribution in [0.15, 0.2) is 24.3 Å². The predicted octanol–water partition coefficient (Wildman–Crippen LogP) is 2.48. The maximum Gasteiger partial charge on any atom is 0.303 e. The van der Waals surface area contributed by atoms with Crippen molar-refractivity contribution >= 4 is 23.5 Å². The molecular weight excluding hydrogens is 282 g/mol. The highest BCUT2D eigenvalue weighted by atomic mass is 35.5. The van der Waals surface area contributed by atoms with Crippen molar-refractivity contribution in [2.75, 3.05) is 6.54 Å².